The van der Waals surface area contributed by atoms with Gasteiger partial charge in [-0.05, 0) is 48.4 Å². The number of benzene rings is 2. The van der Waals surface area contributed by atoms with Gasteiger partial charge in [0.2, 0.25) is 10.0 Å². The van der Waals surface area contributed by atoms with Gasteiger partial charge in [-0.2, -0.15) is 0 Å². The summed E-state index contributed by atoms with van der Waals surface area (Å²) < 4.78 is 32.1. The zero-order valence-electron chi connectivity index (χ0n) is 13.6. The van der Waals surface area contributed by atoms with Gasteiger partial charge in [0.15, 0.2) is 0 Å². The summed E-state index contributed by atoms with van der Waals surface area (Å²) in [6.07, 6.45) is 0.642. The number of hydrogen-bond acceptors (Lipinski definition) is 4. The van der Waals surface area contributed by atoms with Crippen LogP contribution in [0.1, 0.15) is 5.56 Å². The Labute approximate surface area is 137 Å². The van der Waals surface area contributed by atoms with Crippen molar-refractivity contribution < 1.29 is 13.2 Å². The molecule has 23 heavy (non-hydrogen) atoms. The molecule has 0 unspecified atom stereocenters. The molecule has 2 aromatic rings. The number of sulfonamides is 1. The van der Waals surface area contributed by atoms with E-state index in [1.807, 2.05) is 43.3 Å². The third-order valence-corrected chi connectivity index (χ3v) is 5.01. The van der Waals surface area contributed by atoms with E-state index in [4.69, 9.17) is 4.74 Å². The molecule has 0 aromatic heterocycles. The van der Waals surface area contributed by atoms with Crippen molar-refractivity contribution in [1.82, 2.24) is 4.72 Å². The predicted molar refractivity (Wildman–Crippen MR) is 92.7 cm³/mol. The van der Waals surface area contributed by atoms with Crippen LogP contribution in [0.2, 0.25) is 0 Å². The molecule has 2 rings (SSSR count). The number of anilines is 1. The lowest BCUT2D eigenvalue weighted by Gasteiger charge is -2.13. The van der Waals surface area contributed by atoms with Gasteiger partial charge in [-0.3, -0.25) is 0 Å². The standard InChI is InChI=1S/C17H22N2O3S/c1-19(2)15-6-4-14(5-7-15)12-13-18-23(20,21)17-10-8-16(22-3)9-11-17/h4-11,18H,12-13H2,1-3H3. The van der Waals surface area contributed by atoms with Gasteiger partial charge in [0.05, 0.1) is 12.0 Å². The summed E-state index contributed by atoms with van der Waals surface area (Å²) in [5.41, 5.74) is 2.21. The molecule has 0 saturated carbocycles. The minimum absolute atomic E-state index is 0.237. The molecule has 1 N–H and O–H groups in total. The Balaban J connectivity index is 1.93. The highest BCUT2D eigenvalue weighted by Gasteiger charge is 2.13. The molecule has 0 radical (unpaired) electrons. The summed E-state index contributed by atoms with van der Waals surface area (Å²) >= 11 is 0. The van der Waals surface area contributed by atoms with Crippen molar-refractivity contribution >= 4 is 15.7 Å². The molecule has 0 atom stereocenters. The van der Waals surface area contributed by atoms with E-state index < -0.39 is 10.0 Å². The third kappa shape index (κ3) is 4.71. The molecule has 124 valence electrons. The van der Waals surface area contributed by atoms with Crippen LogP contribution < -0.4 is 14.4 Å². The van der Waals surface area contributed by atoms with Crippen molar-refractivity contribution in [1.29, 1.82) is 0 Å². The molecular weight excluding hydrogens is 312 g/mol. The summed E-state index contributed by atoms with van der Waals surface area (Å²) in [5, 5.41) is 0. The van der Waals surface area contributed by atoms with E-state index in [0.717, 1.165) is 11.3 Å². The fourth-order valence-corrected chi connectivity index (χ4v) is 3.16. The van der Waals surface area contributed by atoms with Crippen molar-refractivity contribution in [3.05, 3.63) is 54.1 Å². The van der Waals surface area contributed by atoms with Crippen molar-refractivity contribution in [3.8, 4) is 5.75 Å². The van der Waals surface area contributed by atoms with Gasteiger partial charge in [0.25, 0.3) is 0 Å². The first-order chi connectivity index (χ1) is 10.9. The maximum absolute atomic E-state index is 12.2. The Morgan fingerprint density at radius 2 is 1.61 bits per heavy atom. The molecule has 6 heteroatoms. The van der Waals surface area contributed by atoms with Crippen molar-refractivity contribution in [2.24, 2.45) is 0 Å². The average Bonchev–Trinajstić information content (AvgIpc) is 2.55. The normalized spacial score (nSPS) is 11.3. The molecule has 0 aliphatic carbocycles. The van der Waals surface area contributed by atoms with Gasteiger partial charge in [0.1, 0.15) is 5.75 Å². The number of nitrogens with one attached hydrogen (secondary N) is 1. The van der Waals surface area contributed by atoms with Gasteiger partial charge >= 0.3 is 0 Å². The SMILES string of the molecule is COc1ccc(S(=O)(=O)NCCc2ccc(N(C)C)cc2)cc1. The zero-order chi connectivity index (χ0) is 16.9. The van der Waals surface area contributed by atoms with Gasteiger partial charge in [-0.1, -0.05) is 12.1 Å². The quantitative estimate of drug-likeness (QED) is 0.844. The van der Waals surface area contributed by atoms with Crippen molar-refractivity contribution in [2.45, 2.75) is 11.3 Å². The van der Waals surface area contributed by atoms with Crippen LogP contribution in [0.25, 0.3) is 0 Å². The molecule has 0 amide bonds. The first kappa shape index (κ1) is 17.3. The average molecular weight is 334 g/mol. The van der Waals surface area contributed by atoms with Crippen LogP contribution >= 0.6 is 0 Å². The largest absolute Gasteiger partial charge is 0.497 e. The molecule has 5 nitrogen and oxygen atoms in total. The molecule has 2 aromatic carbocycles. The van der Waals surface area contributed by atoms with Crippen LogP contribution in [0, 0.1) is 0 Å². The minimum atomic E-state index is -3.49. The van der Waals surface area contributed by atoms with Crippen LogP contribution in [0.15, 0.2) is 53.4 Å². The summed E-state index contributed by atoms with van der Waals surface area (Å²) in [7, 11) is 2.02. The lowest BCUT2D eigenvalue weighted by Crippen LogP contribution is -2.26. The van der Waals surface area contributed by atoms with Crippen LogP contribution in [-0.2, 0) is 16.4 Å². The van der Waals surface area contributed by atoms with E-state index in [1.165, 1.54) is 12.1 Å². The van der Waals surface area contributed by atoms with E-state index >= 15 is 0 Å². The lowest BCUT2D eigenvalue weighted by molar-refractivity contribution is 0.414. The molecule has 0 heterocycles. The molecule has 0 spiro atoms. The van der Waals surface area contributed by atoms with Crippen LogP contribution in [-0.4, -0.2) is 36.2 Å². The van der Waals surface area contributed by atoms with E-state index in [2.05, 4.69) is 4.72 Å². The number of methoxy groups -OCH3 is 1. The Bertz CT molecular complexity index is 723. The van der Waals surface area contributed by atoms with Gasteiger partial charge in [0, 0.05) is 26.3 Å². The Kier molecular flexibility index (Phi) is 5.63. The third-order valence-electron chi connectivity index (χ3n) is 3.53. The Hall–Kier alpha value is -2.05. The van der Waals surface area contributed by atoms with Gasteiger partial charge in [-0.15, -0.1) is 0 Å². The number of hydrogen-bond donors (Lipinski definition) is 1. The number of ether oxygens (including phenoxy) is 1. The second-order valence-electron chi connectivity index (χ2n) is 5.38. The maximum Gasteiger partial charge on any atom is 0.240 e. The minimum Gasteiger partial charge on any atom is -0.497 e. The zero-order valence-corrected chi connectivity index (χ0v) is 14.4. The highest BCUT2D eigenvalue weighted by atomic mass is 32.2. The molecule has 0 aliphatic rings. The van der Waals surface area contributed by atoms with E-state index in [0.29, 0.717) is 18.7 Å². The van der Waals surface area contributed by atoms with Crippen LogP contribution in [0.5, 0.6) is 5.75 Å². The topological polar surface area (TPSA) is 58.6 Å². The fraction of sp³-hybridized carbons (Fsp3) is 0.294. The fourth-order valence-electron chi connectivity index (χ4n) is 2.13. The molecule has 0 fully saturated rings. The van der Waals surface area contributed by atoms with Crippen LogP contribution in [0.4, 0.5) is 5.69 Å². The first-order valence-electron chi connectivity index (χ1n) is 7.32. The first-order valence-corrected chi connectivity index (χ1v) is 8.80. The highest BCUT2D eigenvalue weighted by Crippen LogP contribution is 2.16. The monoisotopic (exact) mass is 334 g/mol. The number of rotatable bonds is 7. The summed E-state index contributed by atoms with van der Waals surface area (Å²) in [5.74, 6) is 0.630. The maximum atomic E-state index is 12.2. The second kappa shape index (κ2) is 7.48. The Morgan fingerprint density at radius 1 is 1.00 bits per heavy atom. The number of nitrogens with zero attached hydrogens (tertiary/aromatic N) is 1. The van der Waals surface area contributed by atoms with E-state index in [-0.39, 0.29) is 4.90 Å². The summed E-state index contributed by atoms with van der Waals surface area (Å²) in [6, 6.07) is 14.4. The van der Waals surface area contributed by atoms with Crippen molar-refractivity contribution in [3.63, 3.8) is 0 Å². The summed E-state index contributed by atoms with van der Waals surface area (Å²) in [6.45, 7) is 0.357. The van der Waals surface area contributed by atoms with Gasteiger partial charge < -0.3 is 9.64 Å². The van der Waals surface area contributed by atoms with Crippen molar-refractivity contribution in [2.75, 3.05) is 32.6 Å². The molecule has 0 aliphatic heterocycles. The van der Waals surface area contributed by atoms with E-state index in [9.17, 15) is 8.42 Å². The molecule has 0 saturated heterocycles. The smallest absolute Gasteiger partial charge is 0.240 e. The molecular formula is C17H22N2O3S. The van der Waals surface area contributed by atoms with Crippen LogP contribution in [0.3, 0.4) is 0 Å². The highest BCUT2D eigenvalue weighted by molar-refractivity contribution is 7.89. The van der Waals surface area contributed by atoms with E-state index in [1.54, 1.807) is 19.2 Å². The summed E-state index contributed by atoms with van der Waals surface area (Å²) in [4.78, 5) is 2.26. The second-order valence-corrected chi connectivity index (χ2v) is 7.15. The Morgan fingerprint density at radius 3 is 2.13 bits per heavy atom. The predicted octanol–water partition coefficient (Wildman–Crippen LogP) is 2.28. The lowest BCUT2D eigenvalue weighted by atomic mass is 10.1. The van der Waals surface area contributed by atoms with Gasteiger partial charge in [-0.25, -0.2) is 13.1 Å². The molecule has 0 bridgehead atoms.